The normalized spacial score (nSPS) is 11.0. The van der Waals surface area contributed by atoms with Crippen LogP contribution in [0.5, 0.6) is 0 Å². The van der Waals surface area contributed by atoms with Crippen LogP contribution in [0.1, 0.15) is 10.4 Å². The van der Waals surface area contributed by atoms with Gasteiger partial charge in [-0.3, -0.25) is 19.2 Å². The molecule has 2 aromatic heterocycles. The number of aromatic nitrogens is 1. The van der Waals surface area contributed by atoms with Crippen molar-refractivity contribution in [2.75, 3.05) is 18.4 Å². The number of nitrogens with zero attached hydrogens (tertiary/aromatic N) is 2. The minimum absolute atomic E-state index is 0.193. The molecular weight excluding hydrogens is 501 g/mol. The minimum Gasteiger partial charge on any atom is -0.340 e. The fraction of sp³-hybridized carbons (Fsp3) is 0.176. The second-order valence-corrected chi connectivity index (χ2v) is 8.36. The van der Waals surface area contributed by atoms with Crippen LogP contribution in [0, 0.1) is 3.57 Å². The second kappa shape index (κ2) is 8.15. The lowest BCUT2D eigenvalue weighted by Crippen LogP contribution is -2.41. The van der Waals surface area contributed by atoms with Gasteiger partial charge < -0.3 is 11.1 Å². The van der Waals surface area contributed by atoms with Crippen LogP contribution < -0.4 is 22.5 Å². The predicted molar refractivity (Wildman–Crippen MR) is 119 cm³/mol. The summed E-state index contributed by atoms with van der Waals surface area (Å²) in [5.74, 6) is 5.79. The van der Waals surface area contributed by atoms with Crippen molar-refractivity contribution in [3.05, 3.63) is 54.2 Å². The molecule has 0 saturated heterocycles. The molecule has 1 amide bonds. The van der Waals surface area contributed by atoms with Crippen molar-refractivity contribution in [1.82, 2.24) is 9.58 Å². The topological polar surface area (TPSA) is 106 Å². The number of carbonyl (C=O) groups excluding carboxylic acids is 1. The number of benzene rings is 1. The number of hydrazine groups is 1. The lowest BCUT2D eigenvalue weighted by molar-refractivity contribution is 0.0763. The third-order valence-electron chi connectivity index (χ3n) is 4.03. The van der Waals surface area contributed by atoms with Crippen molar-refractivity contribution in [3.8, 4) is 0 Å². The zero-order valence-electron chi connectivity index (χ0n) is 14.3. The molecule has 0 radical (unpaired) electrons. The van der Waals surface area contributed by atoms with E-state index < -0.39 is 5.91 Å². The molecule has 2 heterocycles. The summed E-state index contributed by atoms with van der Waals surface area (Å²) in [6, 6.07) is 7.16. The Morgan fingerprint density at radius 1 is 1.41 bits per heavy atom. The number of anilines is 2. The fourth-order valence-corrected chi connectivity index (χ4v) is 4.50. The minimum atomic E-state index is -0.423. The number of carbonyl (C=O) groups is 1. The second-order valence-electron chi connectivity index (χ2n) is 5.79. The molecule has 142 valence electrons. The van der Waals surface area contributed by atoms with E-state index in [1.807, 2.05) is 6.07 Å². The molecule has 27 heavy (non-hydrogen) atoms. The Hall–Kier alpha value is -1.66. The SMILES string of the molecule is Cn1c(Nc2ccc(I)cc2Cl)c(C(=O)N(N)CCN)c2sccc2c1=O. The fourth-order valence-electron chi connectivity index (χ4n) is 2.68. The Labute approximate surface area is 178 Å². The van der Waals surface area contributed by atoms with Crippen molar-refractivity contribution < 1.29 is 4.79 Å². The number of rotatable bonds is 5. The molecule has 7 nitrogen and oxygen atoms in total. The molecular formula is C17H17ClIN5O2S. The summed E-state index contributed by atoms with van der Waals surface area (Å²) in [5, 5.41) is 6.91. The Morgan fingerprint density at radius 2 is 2.15 bits per heavy atom. The molecule has 0 unspecified atom stereocenters. The highest BCUT2D eigenvalue weighted by atomic mass is 127. The van der Waals surface area contributed by atoms with Crippen molar-refractivity contribution in [2.24, 2.45) is 18.6 Å². The van der Waals surface area contributed by atoms with Gasteiger partial charge in [-0.05, 0) is 52.2 Å². The highest BCUT2D eigenvalue weighted by Crippen LogP contribution is 2.33. The molecule has 0 fully saturated rings. The highest BCUT2D eigenvalue weighted by Gasteiger charge is 2.25. The standard InChI is InChI=1S/C17H17ClIN5O2S/c1-23-15(22-12-3-2-9(19)8-11(12)18)13(17(26)24(21)6-5-20)14-10(16(23)25)4-7-27-14/h2-4,7-8,22H,5-6,20-21H2,1H3. The number of hydrogen-bond donors (Lipinski definition) is 3. The monoisotopic (exact) mass is 517 g/mol. The molecule has 3 rings (SSSR count). The Balaban J connectivity index is 2.23. The summed E-state index contributed by atoms with van der Waals surface area (Å²) in [4.78, 5) is 25.8. The predicted octanol–water partition coefficient (Wildman–Crippen LogP) is 2.88. The molecule has 1 aromatic carbocycles. The number of amides is 1. The number of nitrogens with two attached hydrogens (primary N) is 2. The van der Waals surface area contributed by atoms with Gasteiger partial charge in [0.05, 0.1) is 26.4 Å². The number of fused-ring (bicyclic) bond motifs is 1. The van der Waals surface area contributed by atoms with E-state index >= 15 is 0 Å². The van der Waals surface area contributed by atoms with Gasteiger partial charge in [-0.15, -0.1) is 11.3 Å². The van der Waals surface area contributed by atoms with Crippen molar-refractivity contribution in [2.45, 2.75) is 0 Å². The van der Waals surface area contributed by atoms with E-state index in [4.69, 9.17) is 23.2 Å². The average Bonchev–Trinajstić information content (AvgIpc) is 3.11. The molecule has 0 aliphatic heterocycles. The summed E-state index contributed by atoms with van der Waals surface area (Å²) in [6.07, 6.45) is 0. The zero-order valence-corrected chi connectivity index (χ0v) is 18.1. The summed E-state index contributed by atoms with van der Waals surface area (Å²) in [7, 11) is 1.60. The van der Waals surface area contributed by atoms with E-state index in [1.54, 1.807) is 30.6 Å². The van der Waals surface area contributed by atoms with Crippen LogP contribution in [-0.2, 0) is 7.05 Å². The van der Waals surface area contributed by atoms with Gasteiger partial charge in [0, 0.05) is 23.7 Å². The first-order chi connectivity index (χ1) is 12.8. The number of nitrogens with one attached hydrogen (secondary N) is 1. The zero-order chi connectivity index (χ0) is 19.7. The summed E-state index contributed by atoms with van der Waals surface area (Å²) in [5.41, 5.74) is 6.21. The van der Waals surface area contributed by atoms with Crippen LogP contribution in [0.25, 0.3) is 10.1 Å². The van der Waals surface area contributed by atoms with Gasteiger partial charge in [-0.2, -0.15) is 0 Å². The van der Waals surface area contributed by atoms with Gasteiger partial charge >= 0.3 is 0 Å². The van der Waals surface area contributed by atoms with Crippen molar-refractivity contribution in [1.29, 1.82) is 0 Å². The lowest BCUT2D eigenvalue weighted by Gasteiger charge is -2.21. The van der Waals surface area contributed by atoms with E-state index in [2.05, 4.69) is 27.9 Å². The van der Waals surface area contributed by atoms with Gasteiger partial charge in [0.2, 0.25) is 0 Å². The van der Waals surface area contributed by atoms with Crippen LogP contribution in [-0.4, -0.2) is 28.6 Å². The molecule has 0 spiro atoms. The molecule has 0 aliphatic rings. The van der Waals surface area contributed by atoms with E-state index in [0.717, 1.165) is 8.58 Å². The first-order valence-corrected chi connectivity index (χ1v) is 10.3. The molecule has 0 aliphatic carbocycles. The van der Waals surface area contributed by atoms with Crippen LogP contribution in [0.2, 0.25) is 5.02 Å². The van der Waals surface area contributed by atoms with Gasteiger partial charge in [0.15, 0.2) is 0 Å². The highest BCUT2D eigenvalue weighted by molar-refractivity contribution is 14.1. The van der Waals surface area contributed by atoms with Gasteiger partial charge in [-0.1, -0.05) is 11.6 Å². The number of thiophene rings is 1. The quantitative estimate of drug-likeness (QED) is 0.209. The maximum atomic E-state index is 13.0. The molecule has 0 bridgehead atoms. The third kappa shape index (κ3) is 3.83. The Kier molecular flexibility index (Phi) is 6.06. The average molecular weight is 518 g/mol. The Bertz CT molecular complexity index is 1080. The number of halogens is 2. The third-order valence-corrected chi connectivity index (χ3v) is 5.94. The van der Waals surface area contributed by atoms with Gasteiger partial charge in [0.1, 0.15) is 5.82 Å². The van der Waals surface area contributed by atoms with Gasteiger partial charge in [0.25, 0.3) is 11.5 Å². The first kappa shape index (κ1) is 20.1. The molecule has 10 heteroatoms. The van der Waals surface area contributed by atoms with E-state index in [1.165, 1.54) is 15.9 Å². The largest absolute Gasteiger partial charge is 0.340 e. The summed E-state index contributed by atoms with van der Waals surface area (Å²) < 4.78 is 2.94. The maximum Gasteiger partial charge on any atom is 0.272 e. The molecule has 5 N–H and O–H groups in total. The number of pyridine rings is 1. The summed E-state index contributed by atoms with van der Waals surface area (Å²) >= 11 is 9.79. The summed E-state index contributed by atoms with van der Waals surface area (Å²) in [6.45, 7) is 0.422. The first-order valence-electron chi connectivity index (χ1n) is 7.94. The number of hydrogen-bond acceptors (Lipinski definition) is 6. The van der Waals surface area contributed by atoms with Crippen LogP contribution >= 0.6 is 45.5 Å². The molecule has 0 saturated carbocycles. The van der Waals surface area contributed by atoms with Gasteiger partial charge in [-0.25, -0.2) is 5.84 Å². The van der Waals surface area contributed by atoms with Crippen LogP contribution in [0.15, 0.2) is 34.4 Å². The van der Waals surface area contributed by atoms with Crippen LogP contribution in [0.3, 0.4) is 0 Å². The molecule has 0 atom stereocenters. The molecule has 3 aromatic rings. The smallest absolute Gasteiger partial charge is 0.272 e. The Morgan fingerprint density at radius 3 is 2.81 bits per heavy atom. The van der Waals surface area contributed by atoms with Crippen molar-refractivity contribution in [3.63, 3.8) is 0 Å². The van der Waals surface area contributed by atoms with Crippen molar-refractivity contribution >= 4 is 73.0 Å². The maximum absolute atomic E-state index is 13.0. The van der Waals surface area contributed by atoms with E-state index in [-0.39, 0.29) is 18.6 Å². The van der Waals surface area contributed by atoms with Crippen LogP contribution in [0.4, 0.5) is 11.5 Å². The van der Waals surface area contributed by atoms with E-state index in [0.29, 0.717) is 32.2 Å². The van der Waals surface area contributed by atoms with E-state index in [9.17, 15) is 9.59 Å². The lowest BCUT2D eigenvalue weighted by atomic mass is 10.1.